The van der Waals surface area contributed by atoms with Gasteiger partial charge in [-0.1, -0.05) is 127 Å². The molecule has 0 saturated heterocycles. The maximum Gasteiger partial charge on any atom is 0.0353 e. The van der Waals surface area contributed by atoms with Crippen molar-refractivity contribution in [1.82, 2.24) is 4.98 Å². The third-order valence-electron chi connectivity index (χ3n) is 8.52. The lowest BCUT2D eigenvalue weighted by molar-refractivity contribution is 1.32. The largest absolute Gasteiger partial charge is 0.263 e. The van der Waals surface area contributed by atoms with Gasteiger partial charge in [0.2, 0.25) is 0 Å². The first-order chi connectivity index (χ1) is 20.3. The van der Waals surface area contributed by atoms with Gasteiger partial charge in [-0.25, -0.2) is 0 Å². The minimum absolute atomic E-state index is 1.20. The van der Waals surface area contributed by atoms with Gasteiger partial charge in [-0.2, -0.15) is 0 Å². The van der Waals surface area contributed by atoms with E-state index in [2.05, 4.69) is 132 Å². The van der Waals surface area contributed by atoms with Gasteiger partial charge < -0.3 is 0 Å². The Morgan fingerprint density at radius 3 is 1.83 bits per heavy atom. The molecule has 7 aromatic carbocycles. The molecule has 0 radical (unpaired) electrons. The van der Waals surface area contributed by atoms with Gasteiger partial charge >= 0.3 is 0 Å². The average Bonchev–Trinajstić information content (AvgIpc) is 3.03. The van der Waals surface area contributed by atoms with E-state index in [1.165, 1.54) is 86.3 Å². The predicted molar refractivity (Wildman–Crippen MR) is 175 cm³/mol. The van der Waals surface area contributed by atoms with Gasteiger partial charge in [-0.15, -0.1) is 0 Å². The van der Waals surface area contributed by atoms with Crippen LogP contribution in [0.2, 0.25) is 0 Å². The van der Waals surface area contributed by atoms with Gasteiger partial charge in [0.1, 0.15) is 0 Å². The van der Waals surface area contributed by atoms with Gasteiger partial charge in [-0.3, -0.25) is 4.98 Å². The molecule has 0 saturated carbocycles. The van der Waals surface area contributed by atoms with Crippen LogP contribution in [0.25, 0.3) is 76.5 Å². The quantitative estimate of drug-likeness (QED) is 0.203. The molecule has 2 heterocycles. The molecule has 9 rings (SSSR count). The number of aromatic nitrogens is 1. The molecular formula is C39H23NS. The van der Waals surface area contributed by atoms with Gasteiger partial charge in [0.15, 0.2) is 0 Å². The van der Waals surface area contributed by atoms with Crippen molar-refractivity contribution in [3.8, 4) is 33.4 Å². The molecule has 0 spiro atoms. The van der Waals surface area contributed by atoms with Crippen LogP contribution in [0.4, 0.5) is 0 Å². The first kappa shape index (κ1) is 22.9. The van der Waals surface area contributed by atoms with Crippen molar-refractivity contribution in [3.63, 3.8) is 0 Å². The van der Waals surface area contributed by atoms with Crippen molar-refractivity contribution < 1.29 is 0 Å². The summed E-state index contributed by atoms with van der Waals surface area (Å²) in [5.74, 6) is 0. The second kappa shape index (κ2) is 8.79. The van der Waals surface area contributed by atoms with Crippen molar-refractivity contribution in [2.45, 2.75) is 9.79 Å². The molecule has 0 atom stereocenters. The van der Waals surface area contributed by atoms with E-state index in [1.54, 1.807) is 0 Å². The summed E-state index contributed by atoms with van der Waals surface area (Å²) < 4.78 is 0. The van der Waals surface area contributed by atoms with E-state index < -0.39 is 0 Å². The van der Waals surface area contributed by atoms with Gasteiger partial charge in [0.25, 0.3) is 0 Å². The van der Waals surface area contributed by atoms with Crippen LogP contribution >= 0.6 is 11.8 Å². The Morgan fingerprint density at radius 1 is 0.415 bits per heavy atom. The number of benzene rings is 7. The van der Waals surface area contributed by atoms with Crippen LogP contribution in [0.15, 0.2) is 150 Å². The molecule has 1 aliphatic heterocycles. The SMILES string of the molecule is c1ccc2c(-c3c4ccccc4c(-c4ccc5c(c4)Sc4cccc6cncc-5c46)c4ccccc34)cccc2c1. The highest BCUT2D eigenvalue weighted by Crippen LogP contribution is 2.50. The lowest BCUT2D eigenvalue weighted by atomic mass is 9.84. The smallest absolute Gasteiger partial charge is 0.0353 e. The Bertz CT molecular complexity index is 2280. The molecule has 0 aliphatic carbocycles. The number of nitrogens with zero attached hydrogens (tertiary/aromatic N) is 1. The van der Waals surface area contributed by atoms with Crippen LogP contribution in [0.1, 0.15) is 0 Å². The molecule has 0 fully saturated rings. The Hall–Kier alpha value is -4.92. The number of hydrogen-bond acceptors (Lipinski definition) is 2. The van der Waals surface area contributed by atoms with Crippen molar-refractivity contribution in [3.05, 3.63) is 140 Å². The van der Waals surface area contributed by atoms with Crippen LogP contribution in [-0.2, 0) is 0 Å². The van der Waals surface area contributed by atoms with Gasteiger partial charge in [-0.05, 0) is 72.3 Å². The Balaban J connectivity index is 1.35. The number of fused-ring (bicyclic) bond motifs is 5. The molecule has 0 unspecified atom stereocenters. The van der Waals surface area contributed by atoms with Crippen molar-refractivity contribution in [2.24, 2.45) is 0 Å². The number of pyridine rings is 1. The second-order valence-electron chi connectivity index (χ2n) is 10.7. The van der Waals surface area contributed by atoms with Crippen LogP contribution in [0, 0.1) is 0 Å². The lowest BCUT2D eigenvalue weighted by Crippen LogP contribution is -1.95. The summed E-state index contributed by atoms with van der Waals surface area (Å²) in [6, 6.07) is 46.7. The molecule has 0 amide bonds. The summed E-state index contributed by atoms with van der Waals surface area (Å²) in [6.45, 7) is 0. The molecule has 190 valence electrons. The van der Waals surface area contributed by atoms with Gasteiger partial charge in [0, 0.05) is 38.5 Å². The Labute approximate surface area is 242 Å². The third kappa shape index (κ3) is 3.35. The zero-order valence-electron chi connectivity index (χ0n) is 22.1. The topological polar surface area (TPSA) is 12.9 Å². The number of hydrogen-bond donors (Lipinski definition) is 0. The fourth-order valence-corrected chi connectivity index (χ4v) is 7.95. The fraction of sp³-hybridized carbons (Fsp3) is 0. The van der Waals surface area contributed by atoms with E-state index in [9.17, 15) is 0 Å². The molecule has 2 heteroatoms. The summed E-state index contributed by atoms with van der Waals surface area (Å²) in [7, 11) is 0. The zero-order chi connectivity index (χ0) is 26.9. The van der Waals surface area contributed by atoms with E-state index in [0.717, 1.165) is 0 Å². The Morgan fingerprint density at radius 2 is 1.05 bits per heavy atom. The highest BCUT2D eigenvalue weighted by atomic mass is 32.2. The van der Waals surface area contributed by atoms with E-state index in [4.69, 9.17) is 0 Å². The maximum absolute atomic E-state index is 4.57. The maximum atomic E-state index is 4.57. The third-order valence-corrected chi connectivity index (χ3v) is 9.63. The molecule has 1 aliphatic rings. The molecule has 0 bridgehead atoms. The minimum atomic E-state index is 1.20. The standard InChI is InChI=1S/C39H23NS/c1-2-12-27-24(9-1)10-7-17-29(27)39-32-15-5-3-13-30(32)37(31-14-4-6-16-33(31)39)25-19-20-28-34-23-40-22-26-11-8-18-35(38(26)34)41-36(28)21-25/h1-23H. The van der Waals surface area contributed by atoms with E-state index in [0.29, 0.717) is 0 Å². The average molecular weight is 538 g/mol. The predicted octanol–water partition coefficient (Wildman–Crippen LogP) is 11.2. The molecular weight excluding hydrogens is 515 g/mol. The first-order valence-electron chi connectivity index (χ1n) is 14.0. The lowest BCUT2D eigenvalue weighted by Gasteiger charge is -2.22. The highest BCUT2D eigenvalue weighted by molar-refractivity contribution is 7.99. The summed E-state index contributed by atoms with van der Waals surface area (Å²) in [6.07, 6.45) is 3.99. The van der Waals surface area contributed by atoms with Crippen LogP contribution in [-0.4, -0.2) is 4.98 Å². The summed E-state index contributed by atoms with van der Waals surface area (Å²) in [5, 5.41) is 10.2. The Kier molecular flexibility index (Phi) is 4.90. The van der Waals surface area contributed by atoms with Crippen LogP contribution in [0.5, 0.6) is 0 Å². The molecule has 1 nitrogen and oxygen atoms in total. The van der Waals surface area contributed by atoms with Crippen LogP contribution in [0.3, 0.4) is 0 Å². The summed E-state index contributed by atoms with van der Waals surface area (Å²) >= 11 is 1.87. The first-order valence-corrected chi connectivity index (χ1v) is 14.8. The van der Waals surface area contributed by atoms with Crippen molar-refractivity contribution in [1.29, 1.82) is 0 Å². The zero-order valence-corrected chi connectivity index (χ0v) is 23.0. The van der Waals surface area contributed by atoms with E-state index >= 15 is 0 Å². The van der Waals surface area contributed by atoms with E-state index in [1.807, 2.05) is 24.2 Å². The second-order valence-corrected chi connectivity index (χ2v) is 11.8. The molecule has 8 aromatic rings. The molecule has 41 heavy (non-hydrogen) atoms. The normalized spacial score (nSPS) is 12.3. The molecule has 1 aromatic heterocycles. The monoisotopic (exact) mass is 537 g/mol. The highest BCUT2D eigenvalue weighted by Gasteiger charge is 2.22. The van der Waals surface area contributed by atoms with Crippen LogP contribution < -0.4 is 0 Å². The van der Waals surface area contributed by atoms with Crippen molar-refractivity contribution >= 4 is 54.9 Å². The number of rotatable bonds is 2. The van der Waals surface area contributed by atoms with E-state index in [-0.39, 0.29) is 0 Å². The summed E-state index contributed by atoms with van der Waals surface area (Å²) in [5.41, 5.74) is 7.60. The van der Waals surface area contributed by atoms with Gasteiger partial charge in [0.05, 0.1) is 0 Å². The summed E-state index contributed by atoms with van der Waals surface area (Å²) in [4.78, 5) is 7.15. The molecule has 0 N–H and O–H groups in total. The van der Waals surface area contributed by atoms with Crippen molar-refractivity contribution in [2.75, 3.05) is 0 Å². The minimum Gasteiger partial charge on any atom is -0.263 e. The fourth-order valence-electron chi connectivity index (χ4n) is 6.77.